The van der Waals surface area contributed by atoms with E-state index >= 15 is 0 Å². The van der Waals surface area contributed by atoms with Gasteiger partial charge in [0.05, 0.1) is 11.8 Å². The maximum absolute atomic E-state index is 14.3. The molecule has 3 fully saturated rings. The van der Waals surface area contributed by atoms with E-state index in [2.05, 4.69) is 25.1 Å². The summed E-state index contributed by atoms with van der Waals surface area (Å²) in [5.74, 6) is 1.34. The molecule has 0 saturated carbocycles. The van der Waals surface area contributed by atoms with E-state index in [0.29, 0.717) is 28.6 Å². The monoisotopic (exact) mass is 524 g/mol. The van der Waals surface area contributed by atoms with Crippen LogP contribution in [0.5, 0.6) is 11.5 Å². The molecule has 1 atom stereocenters. The molecule has 3 aliphatic heterocycles. The van der Waals surface area contributed by atoms with Gasteiger partial charge in [0.1, 0.15) is 17.9 Å². The molecule has 1 N–H and O–H groups in total. The SMILES string of the molecule is CC(C)N(C(=O)c1cc(F)ccc1Oc1cncnc1N1CCC(CN2CC3(CCNCC3)C2)C1)C(C)C. The first-order valence-electron chi connectivity index (χ1n) is 14.0. The second-order valence-corrected chi connectivity index (χ2v) is 11.9. The number of hydrogen-bond acceptors (Lipinski definition) is 7. The van der Waals surface area contributed by atoms with E-state index in [9.17, 15) is 9.18 Å². The van der Waals surface area contributed by atoms with Crippen LogP contribution < -0.4 is 15.0 Å². The average Bonchev–Trinajstić information content (AvgIpc) is 3.33. The topological polar surface area (TPSA) is 73.8 Å². The van der Waals surface area contributed by atoms with Gasteiger partial charge in [0.25, 0.3) is 5.91 Å². The Morgan fingerprint density at radius 3 is 2.63 bits per heavy atom. The summed E-state index contributed by atoms with van der Waals surface area (Å²) in [4.78, 5) is 28.8. The number of anilines is 1. The van der Waals surface area contributed by atoms with E-state index in [-0.39, 0.29) is 23.6 Å². The van der Waals surface area contributed by atoms with Crippen molar-refractivity contribution in [3.63, 3.8) is 0 Å². The largest absolute Gasteiger partial charge is 0.451 e. The smallest absolute Gasteiger partial charge is 0.258 e. The molecule has 5 rings (SSSR count). The predicted octanol–water partition coefficient (Wildman–Crippen LogP) is 4.18. The zero-order valence-corrected chi connectivity index (χ0v) is 23.1. The summed E-state index contributed by atoms with van der Waals surface area (Å²) in [6.07, 6.45) is 6.85. The van der Waals surface area contributed by atoms with Gasteiger partial charge in [-0.2, -0.15) is 0 Å². The Bertz CT molecular complexity index is 1120. The quantitative estimate of drug-likeness (QED) is 0.555. The van der Waals surface area contributed by atoms with Crippen molar-refractivity contribution in [1.29, 1.82) is 0 Å². The fraction of sp³-hybridized carbons (Fsp3) is 0.621. The Labute approximate surface area is 225 Å². The van der Waals surface area contributed by atoms with Crippen LogP contribution in [-0.2, 0) is 0 Å². The van der Waals surface area contributed by atoms with Gasteiger partial charge in [-0.1, -0.05) is 0 Å². The molecule has 1 spiro atoms. The fourth-order valence-electron chi connectivity index (χ4n) is 6.55. The summed E-state index contributed by atoms with van der Waals surface area (Å²) in [6.45, 7) is 15.5. The summed E-state index contributed by atoms with van der Waals surface area (Å²) in [5, 5.41) is 3.48. The highest BCUT2D eigenvalue weighted by atomic mass is 19.1. The second-order valence-electron chi connectivity index (χ2n) is 11.9. The summed E-state index contributed by atoms with van der Waals surface area (Å²) >= 11 is 0. The molecule has 3 saturated heterocycles. The van der Waals surface area contributed by atoms with Gasteiger partial charge >= 0.3 is 0 Å². The van der Waals surface area contributed by atoms with Crippen LogP contribution in [-0.4, -0.2) is 83.6 Å². The van der Waals surface area contributed by atoms with Crippen molar-refractivity contribution in [2.45, 2.75) is 59.0 Å². The van der Waals surface area contributed by atoms with Gasteiger partial charge < -0.3 is 24.8 Å². The maximum atomic E-state index is 14.3. The van der Waals surface area contributed by atoms with Gasteiger partial charge in [-0.15, -0.1) is 0 Å². The zero-order chi connectivity index (χ0) is 26.9. The van der Waals surface area contributed by atoms with Gasteiger partial charge in [0.15, 0.2) is 11.6 Å². The molecule has 0 bridgehead atoms. The number of likely N-dealkylation sites (tertiary alicyclic amines) is 1. The standard InChI is InChI=1S/C29H41FN6O2/c1-20(2)36(21(3)4)28(37)24-13-23(30)5-6-25(24)38-26-14-32-19-33-27(26)35-12-7-22(16-35)15-34-17-29(18-34)8-10-31-11-9-29/h5-6,13-14,19-22,31H,7-12,15-18H2,1-4H3. The normalized spacial score (nSPS) is 21.2. The van der Waals surface area contributed by atoms with E-state index in [1.165, 1.54) is 50.5 Å². The molecule has 4 heterocycles. The highest BCUT2D eigenvalue weighted by Crippen LogP contribution is 2.40. The molecule has 0 radical (unpaired) electrons. The summed E-state index contributed by atoms with van der Waals surface area (Å²) in [6, 6.07) is 4.02. The zero-order valence-electron chi connectivity index (χ0n) is 23.1. The van der Waals surface area contributed by atoms with Crippen LogP contribution in [0.1, 0.15) is 57.3 Å². The minimum atomic E-state index is -0.475. The first-order valence-corrected chi connectivity index (χ1v) is 14.0. The second kappa shape index (κ2) is 11.1. The van der Waals surface area contributed by atoms with E-state index in [1.807, 2.05) is 27.7 Å². The molecule has 38 heavy (non-hydrogen) atoms. The number of rotatable bonds is 8. The lowest BCUT2D eigenvalue weighted by molar-refractivity contribution is -0.0298. The lowest BCUT2D eigenvalue weighted by Gasteiger charge is -2.53. The van der Waals surface area contributed by atoms with E-state index in [0.717, 1.165) is 39.1 Å². The van der Waals surface area contributed by atoms with Crippen molar-refractivity contribution >= 4 is 11.7 Å². The Balaban J connectivity index is 1.28. The Kier molecular flexibility index (Phi) is 7.86. The molecule has 1 amide bonds. The molecule has 1 unspecified atom stereocenters. The van der Waals surface area contributed by atoms with Crippen LogP contribution in [0.3, 0.4) is 0 Å². The van der Waals surface area contributed by atoms with Crippen LogP contribution in [0.2, 0.25) is 0 Å². The molecule has 8 nitrogen and oxygen atoms in total. The highest BCUT2D eigenvalue weighted by molar-refractivity contribution is 5.97. The number of aromatic nitrogens is 2. The Morgan fingerprint density at radius 2 is 1.92 bits per heavy atom. The van der Waals surface area contributed by atoms with Gasteiger partial charge in [0, 0.05) is 44.8 Å². The number of hydrogen-bond donors (Lipinski definition) is 1. The molecule has 9 heteroatoms. The van der Waals surface area contributed by atoms with Crippen molar-refractivity contribution in [3.05, 3.63) is 42.1 Å². The van der Waals surface area contributed by atoms with Crippen molar-refractivity contribution in [3.8, 4) is 11.5 Å². The van der Waals surface area contributed by atoms with Gasteiger partial charge in [0.2, 0.25) is 0 Å². The summed E-state index contributed by atoms with van der Waals surface area (Å²) in [5.41, 5.74) is 0.744. The molecule has 2 aromatic rings. The summed E-state index contributed by atoms with van der Waals surface area (Å²) < 4.78 is 20.5. The van der Waals surface area contributed by atoms with Gasteiger partial charge in [-0.25, -0.2) is 14.4 Å². The third-order valence-corrected chi connectivity index (χ3v) is 8.28. The third-order valence-electron chi connectivity index (χ3n) is 8.28. The van der Waals surface area contributed by atoms with E-state index in [1.54, 1.807) is 11.1 Å². The first kappa shape index (κ1) is 26.8. The molecule has 1 aromatic carbocycles. The van der Waals surface area contributed by atoms with Crippen LogP contribution >= 0.6 is 0 Å². The Hall–Kier alpha value is -2.78. The van der Waals surface area contributed by atoms with E-state index < -0.39 is 5.82 Å². The lowest BCUT2D eigenvalue weighted by Crippen LogP contribution is -2.60. The van der Waals surface area contributed by atoms with Crippen LogP contribution in [0.15, 0.2) is 30.7 Å². The van der Waals surface area contributed by atoms with Crippen molar-refractivity contribution in [1.82, 2.24) is 25.1 Å². The minimum Gasteiger partial charge on any atom is -0.451 e. The number of halogens is 1. The summed E-state index contributed by atoms with van der Waals surface area (Å²) in [7, 11) is 0. The Morgan fingerprint density at radius 1 is 1.18 bits per heavy atom. The third kappa shape index (κ3) is 5.64. The van der Waals surface area contributed by atoms with Crippen molar-refractivity contribution in [2.24, 2.45) is 11.3 Å². The number of amides is 1. The number of carbonyl (C=O) groups excluding carboxylic acids is 1. The minimum absolute atomic E-state index is 0.0353. The van der Waals surface area contributed by atoms with Crippen molar-refractivity contribution < 1.29 is 13.9 Å². The molecular formula is C29H41FN6O2. The van der Waals surface area contributed by atoms with Crippen molar-refractivity contribution in [2.75, 3.05) is 50.7 Å². The van der Waals surface area contributed by atoms with Gasteiger partial charge in [-0.05, 0) is 89.6 Å². The van der Waals surface area contributed by atoms with Gasteiger partial charge in [-0.3, -0.25) is 4.79 Å². The van der Waals surface area contributed by atoms with Crippen LogP contribution in [0, 0.1) is 17.2 Å². The lowest BCUT2D eigenvalue weighted by atomic mass is 9.72. The van der Waals surface area contributed by atoms with E-state index in [4.69, 9.17) is 4.74 Å². The molecule has 1 aromatic heterocycles. The van der Waals surface area contributed by atoms with Crippen LogP contribution in [0.4, 0.5) is 10.2 Å². The number of nitrogens with zero attached hydrogens (tertiary/aromatic N) is 5. The number of ether oxygens (including phenoxy) is 1. The maximum Gasteiger partial charge on any atom is 0.258 e. The first-order chi connectivity index (χ1) is 18.2. The number of benzene rings is 1. The number of carbonyl (C=O) groups is 1. The fourth-order valence-corrected chi connectivity index (χ4v) is 6.55. The molecular weight excluding hydrogens is 483 g/mol. The molecule has 0 aliphatic carbocycles. The predicted molar refractivity (Wildman–Crippen MR) is 146 cm³/mol. The molecule has 206 valence electrons. The number of nitrogens with one attached hydrogen (secondary N) is 1. The highest BCUT2D eigenvalue weighted by Gasteiger charge is 2.44. The van der Waals surface area contributed by atoms with Crippen LogP contribution in [0.25, 0.3) is 0 Å². The molecule has 3 aliphatic rings. The number of piperidine rings is 1. The average molecular weight is 525 g/mol.